The monoisotopic (exact) mass is 288 g/mol. The molecule has 3 nitrogen and oxygen atoms in total. The summed E-state index contributed by atoms with van der Waals surface area (Å²) < 4.78 is 0. The molecular weight excluding hydrogens is 272 g/mol. The number of nitrogens with one attached hydrogen (secondary N) is 1. The number of amides is 1. The normalized spacial score (nSPS) is 11.9. The number of aromatic nitrogens is 1. The Morgan fingerprint density at radius 1 is 1.25 bits per heavy atom. The number of nitrogens with zero attached hydrogens (tertiary/aromatic N) is 1. The van der Waals surface area contributed by atoms with Gasteiger partial charge in [0.25, 0.3) is 5.91 Å². The Kier molecular flexibility index (Phi) is 4.74. The molecule has 0 saturated carbocycles. The third-order valence-electron chi connectivity index (χ3n) is 3.14. The number of pyridine rings is 1. The fourth-order valence-corrected chi connectivity index (χ4v) is 2.15. The maximum atomic E-state index is 12.2. The van der Waals surface area contributed by atoms with Crippen molar-refractivity contribution in [2.24, 2.45) is 0 Å². The molecule has 0 saturated heterocycles. The molecule has 1 atom stereocenters. The van der Waals surface area contributed by atoms with Crippen molar-refractivity contribution in [2.45, 2.75) is 26.3 Å². The highest BCUT2D eigenvalue weighted by molar-refractivity contribution is 6.29. The summed E-state index contributed by atoms with van der Waals surface area (Å²) in [5, 5.41) is 3.31. The maximum absolute atomic E-state index is 12.2. The number of hydrogen-bond acceptors (Lipinski definition) is 2. The molecule has 104 valence electrons. The molecule has 0 bridgehead atoms. The van der Waals surface area contributed by atoms with E-state index < -0.39 is 0 Å². The Balaban J connectivity index is 2.14. The largest absolute Gasteiger partial charge is 0.344 e. The Morgan fingerprint density at radius 2 is 1.95 bits per heavy atom. The molecule has 0 aliphatic heterocycles. The van der Waals surface area contributed by atoms with Gasteiger partial charge in [0.1, 0.15) is 10.8 Å². The van der Waals surface area contributed by atoms with E-state index in [-0.39, 0.29) is 11.9 Å². The maximum Gasteiger partial charge on any atom is 0.270 e. The molecule has 0 aliphatic carbocycles. The van der Waals surface area contributed by atoms with Crippen LogP contribution in [0.15, 0.2) is 42.5 Å². The van der Waals surface area contributed by atoms with Crippen LogP contribution in [0.1, 0.15) is 41.0 Å². The zero-order valence-corrected chi connectivity index (χ0v) is 12.3. The van der Waals surface area contributed by atoms with Crippen LogP contribution in [-0.4, -0.2) is 10.9 Å². The van der Waals surface area contributed by atoms with Gasteiger partial charge in [-0.25, -0.2) is 4.98 Å². The number of aryl methyl sites for hydroxylation is 1. The summed E-state index contributed by atoms with van der Waals surface area (Å²) in [6, 6.07) is 13.2. The molecule has 0 fully saturated rings. The molecular formula is C16H17ClN2O. The quantitative estimate of drug-likeness (QED) is 0.866. The highest BCUT2D eigenvalue weighted by Crippen LogP contribution is 2.18. The first-order chi connectivity index (χ1) is 9.60. The number of rotatable bonds is 4. The topological polar surface area (TPSA) is 42.0 Å². The molecule has 20 heavy (non-hydrogen) atoms. The lowest BCUT2D eigenvalue weighted by Gasteiger charge is -2.17. The molecule has 0 radical (unpaired) electrons. The average molecular weight is 289 g/mol. The van der Waals surface area contributed by atoms with Crippen molar-refractivity contribution in [3.8, 4) is 0 Å². The lowest BCUT2D eigenvalue weighted by atomic mass is 10.0. The van der Waals surface area contributed by atoms with E-state index in [1.807, 2.05) is 38.1 Å². The summed E-state index contributed by atoms with van der Waals surface area (Å²) in [5.41, 5.74) is 2.63. The van der Waals surface area contributed by atoms with E-state index in [1.165, 1.54) is 5.56 Å². The molecule has 4 heteroatoms. The zero-order valence-electron chi connectivity index (χ0n) is 11.6. The van der Waals surface area contributed by atoms with Gasteiger partial charge in [-0.3, -0.25) is 4.79 Å². The predicted molar refractivity (Wildman–Crippen MR) is 80.9 cm³/mol. The molecule has 0 spiro atoms. The lowest BCUT2D eigenvalue weighted by molar-refractivity contribution is 0.0930. The van der Waals surface area contributed by atoms with Crippen molar-refractivity contribution in [2.75, 3.05) is 0 Å². The van der Waals surface area contributed by atoms with Gasteiger partial charge in [-0.1, -0.05) is 54.4 Å². The van der Waals surface area contributed by atoms with Gasteiger partial charge in [-0.05, 0) is 31.0 Å². The highest BCUT2D eigenvalue weighted by Gasteiger charge is 2.15. The third kappa shape index (κ3) is 3.58. The standard InChI is InChI=1S/C16H17ClN2O/c1-3-13(12-9-7-11(2)8-10-12)19-16(20)14-5-4-6-15(17)18-14/h4-10,13H,3H2,1-2H3,(H,19,20). The van der Waals surface area contributed by atoms with Gasteiger partial charge >= 0.3 is 0 Å². The van der Waals surface area contributed by atoms with Crippen LogP contribution >= 0.6 is 11.6 Å². The van der Waals surface area contributed by atoms with Gasteiger partial charge < -0.3 is 5.32 Å². The minimum atomic E-state index is -0.208. The molecule has 1 heterocycles. The minimum Gasteiger partial charge on any atom is -0.344 e. The molecule has 1 unspecified atom stereocenters. The Hall–Kier alpha value is -1.87. The van der Waals surface area contributed by atoms with Crippen LogP contribution in [0.5, 0.6) is 0 Å². The van der Waals surface area contributed by atoms with Gasteiger partial charge in [0.2, 0.25) is 0 Å². The van der Waals surface area contributed by atoms with E-state index in [0.29, 0.717) is 10.8 Å². The number of carbonyl (C=O) groups excluding carboxylic acids is 1. The van der Waals surface area contributed by atoms with Crippen molar-refractivity contribution >= 4 is 17.5 Å². The van der Waals surface area contributed by atoms with Crippen molar-refractivity contribution in [1.29, 1.82) is 0 Å². The van der Waals surface area contributed by atoms with Crippen LogP contribution in [0.3, 0.4) is 0 Å². The summed E-state index contributed by atoms with van der Waals surface area (Å²) in [7, 11) is 0. The number of carbonyl (C=O) groups is 1. The minimum absolute atomic E-state index is 0.0242. The van der Waals surface area contributed by atoms with Gasteiger partial charge in [0.05, 0.1) is 6.04 Å². The Labute approximate surface area is 124 Å². The van der Waals surface area contributed by atoms with E-state index in [1.54, 1.807) is 18.2 Å². The van der Waals surface area contributed by atoms with E-state index in [0.717, 1.165) is 12.0 Å². The highest BCUT2D eigenvalue weighted by atomic mass is 35.5. The molecule has 0 aliphatic rings. The van der Waals surface area contributed by atoms with Crippen LogP contribution in [0.25, 0.3) is 0 Å². The van der Waals surface area contributed by atoms with Crippen molar-refractivity contribution in [3.63, 3.8) is 0 Å². The molecule has 1 N–H and O–H groups in total. The predicted octanol–water partition coefficient (Wildman–Crippen LogP) is 3.92. The van der Waals surface area contributed by atoms with Gasteiger partial charge in [-0.15, -0.1) is 0 Å². The SMILES string of the molecule is CCC(NC(=O)c1cccc(Cl)n1)c1ccc(C)cc1. The first-order valence-electron chi connectivity index (χ1n) is 6.60. The first-order valence-corrected chi connectivity index (χ1v) is 6.98. The van der Waals surface area contributed by atoms with E-state index in [9.17, 15) is 4.79 Å². The number of halogens is 1. The summed E-state index contributed by atoms with van der Waals surface area (Å²) in [6.07, 6.45) is 0.815. The van der Waals surface area contributed by atoms with Crippen LogP contribution in [0.2, 0.25) is 5.15 Å². The van der Waals surface area contributed by atoms with E-state index in [4.69, 9.17) is 11.6 Å². The van der Waals surface area contributed by atoms with Gasteiger partial charge in [0.15, 0.2) is 0 Å². The van der Waals surface area contributed by atoms with Gasteiger partial charge in [-0.2, -0.15) is 0 Å². The van der Waals surface area contributed by atoms with Crippen molar-refractivity contribution in [1.82, 2.24) is 10.3 Å². The summed E-state index contributed by atoms with van der Waals surface area (Å²) in [5.74, 6) is -0.208. The van der Waals surface area contributed by atoms with Crippen LogP contribution < -0.4 is 5.32 Å². The molecule has 2 aromatic rings. The van der Waals surface area contributed by atoms with Crippen molar-refractivity contribution in [3.05, 3.63) is 64.4 Å². The molecule has 1 aromatic carbocycles. The third-order valence-corrected chi connectivity index (χ3v) is 3.35. The molecule has 2 rings (SSSR count). The summed E-state index contributed by atoms with van der Waals surface area (Å²) in [4.78, 5) is 16.2. The zero-order chi connectivity index (χ0) is 14.5. The smallest absolute Gasteiger partial charge is 0.270 e. The molecule has 1 aromatic heterocycles. The van der Waals surface area contributed by atoms with E-state index in [2.05, 4.69) is 10.3 Å². The second kappa shape index (κ2) is 6.53. The average Bonchev–Trinajstić information content (AvgIpc) is 2.45. The summed E-state index contributed by atoms with van der Waals surface area (Å²) >= 11 is 5.80. The Bertz CT molecular complexity index is 596. The van der Waals surface area contributed by atoms with Crippen molar-refractivity contribution < 1.29 is 4.79 Å². The second-order valence-electron chi connectivity index (χ2n) is 4.69. The lowest BCUT2D eigenvalue weighted by Crippen LogP contribution is -2.28. The number of hydrogen-bond donors (Lipinski definition) is 1. The van der Waals surface area contributed by atoms with Crippen LogP contribution in [0.4, 0.5) is 0 Å². The fourth-order valence-electron chi connectivity index (χ4n) is 1.99. The summed E-state index contributed by atoms with van der Waals surface area (Å²) in [6.45, 7) is 4.08. The second-order valence-corrected chi connectivity index (χ2v) is 5.08. The van der Waals surface area contributed by atoms with Gasteiger partial charge in [0, 0.05) is 0 Å². The van der Waals surface area contributed by atoms with Crippen LogP contribution in [0, 0.1) is 6.92 Å². The van der Waals surface area contributed by atoms with E-state index >= 15 is 0 Å². The first kappa shape index (κ1) is 14.5. The molecule has 1 amide bonds. The Morgan fingerprint density at radius 3 is 2.55 bits per heavy atom. The van der Waals surface area contributed by atoms with Crippen LogP contribution in [-0.2, 0) is 0 Å². The fraction of sp³-hybridized carbons (Fsp3) is 0.250. The number of benzene rings is 1.